The number of thioether (sulfide) groups is 1. The third kappa shape index (κ3) is 2.22. The first-order valence-electron chi connectivity index (χ1n) is 3.90. The Balaban J connectivity index is 3.00. The fraction of sp³-hybridized carbons (Fsp3) is 0.500. The van der Waals surface area contributed by atoms with Gasteiger partial charge in [-0.25, -0.2) is 4.98 Å². The second-order valence-corrected chi connectivity index (χ2v) is 4.97. The summed E-state index contributed by atoms with van der Waals surface area (Å²) in [5.41, 5.74) is 5.62. The van der Waals surface area contributed by atoms with Crippen molar-refractivity contribution in [3.63, 3.8) is 0 Å². The molecule has 0 fully saturated rings. The van der Waals surface area contributed by atoms with Crippen molar-refractivity contribution in [2.75, 3.05) is 12.0 Å². The molecule has 1 heterocycles. The Hall–Kier alpha value is -0.550. The van der Waals surface area contributed by atoms with Gasteiger partial charge in [0.15, 0.2) is 10.1 Å². The van der Waals surface area contributed by atoms with Crippen LogP contribution in [0.25, 0.3) is 0 Å². The van der Waals surface area contributed by atoms with E-state index in [1.54, 1.807) is 0 Å². The van der Waals surface area contributed by atoms with Crippen molar-refractivity contribution >= 4 is 34.7 Å². The normalized spacial score (nSPS) is 10.8. The van der Waals surface area contributed by atoms with Crippen molar-refractivity contribution in [3.05, 3.63) is 4.88 Å². The molecule has 72 valence electrons. The van der Waals surface area contributed by atoms with Crippen LogP contribution >= 0.6 is 23.1 Å². The smallest absolute Gasteiger partial charge is 0.179 e. The number of rotatable bonds is 3. The molecule has 0 saturated heterocycles. The summed E-state index contributed by atoms with van der Waals surface area (Å²) >= 11 is 2.88. The van der Waals surface area contributed by atoms with Gasteiger partial charge in [0, 0.05) is 5.92 Å². The topological polar surface area (TPSA) is 56.0 Å². The molecule has 1 rings (SSSR count). The third-order valence-corrected chi connectivity index (χ3v) is 3.63. The van der Waals surface area contributed by atoms with E-state index in [-0.39, 0.29) is 11.7 Å². The number of carbonyl (C=O) groups excluding carboxylic acids is 1. The van der Waals surface area contributed by atoms with Gasteiger partial charge in [0.2, 0.25) is 0 Å². The Morgan fingerprint density at radius 3 is 2.62 bits per heavy atom. The molecule has 0 radical (unpaired) electrons. The highest BCUT2D eigenvalue weighted by Crippen LogP contribution is 2.29. The zero-order chi connectivity index (χ0) is 10.0. The quantitative estimate of drug-likeness (QED) is 0.622. The van der Waals surface area contributed by atoms with Crippen LogP contribution in [0.5, 0.6) is 0 Å². The lowest BCUT2D eigenvalue weighted by Gasteiger charge is -1.99. The van der Waals surface area contributed by atoms with Crippen molar-refractivity contribution in [1.29, 1.82) is 0 Å². The number of aromatic nitrogens is 1. The average Bonchev–Trinajstić information content (AvgIpc) is 2.45. The van der Waals surface area contributed by atoms with E-state index < -0.39 is 0 Å². The van der Waals surface area contributed by atoms with Crippen LogP contribution in [0.1, 0.15) is 23.5 Å². The molecule has 1 aromatic rings. The van der Waals surface area contributed by atoms with E-state index in [0.717, 1.165) is 4.34 Å². The molecule has 0 aromatic carbocycles. The van der Waals surface area contributed by atoms with Crippen molar-refractivity contribution in [2.45, 2.75) is 18.2 Å². The Morgan fingerprint density at radius 1 is 1.62 bits per heavy atom. The molecule has 0 aliphatic carbocycles. The standard InChI is InChI=1S/C8H12N2OS2/c1-4(2)5(11)6-7(9)10-8(12-3)13-6/h4H,9H2,1-3H3. The SMILES string of the molecule is CSc1nc(N)c(C(=O)C(C)C)s1. The molecule has 0 aliphatic rings. The molecule has 0 saturated carbocycles. The Bertz CT molecular complexity index is 320. The summed E-state index contributed by atoms with van der Waals surface area (Å²) < 4.78 is 0.849. The summed E-state index contributed by atoms with van der Waals surface area (Å²) in [6.07, 6.45) is 1.92. The Kier molecular flexibility index (Phi) is 3.33. The molecule has 5 heteroatoms. The first-order valence-corrected chi connectivity index (χ1v) is 5.95. The number of Topliss-reactive ketones (excluding diaryl/α,β-unsaturated/α-hetero) is 1. The van der Waals surface area contributed by atoms with E-state index in [4.69, 9.17) is 5.73 Å². The molecular formula is C8H12N2OS2. The third-order valence-electron chi connectivity index (χ3n) is 1.56. The fourth-order valence-electron chi connectivity index (χ4n) is 0.838. The first-order chi connectivity index (χ1) is 6.06. The average molecular weight is 216 g/mol. The van der Waals surface area contributed by atoms with E-state index in [1.807, 2.05) is 20.1 Å². The molecular weight excluding hydrogens is 204 g/mol. The molecule has 2 N–H and O–H groups in total. The molecule has 1 aromatic heterocycles. The number of carbonyl (C=O) groups is 1. The van der Waals surface area contributed by atoms with Gasteiger partial charge in [0.25, 0.3) is 0 Å². The number of nitrogens with zero attached hydrogens (tertiary/aromatic N) is 1. The molecule has 0 spiro atoms. The summed E-state index contributed by atoms with van der Waals surface area (Å²) in [6.45, 7) is 3.72. The van der Waals surface area contributed by atoms with Crippen molar-refractivity contribution < 1.29 is 4.79 Å². The maximum Gasteiger partial charge on any atom is 0.179 e. The Morgan fingerprint density at radius 2 is 2.23 bits per heavy atom. The predicted molar refractivity (Wildman–Crippen MR) is 57.5 cm³/mol. The monoisotopic (exact) mass is 216 g/mol. The lowest BCUT2D eigenvalue weighted by molar-refractivity contribution is 0.0944. The number of ketones is 1. The second-order valence-electron chi connectivity index (χ2n) is 2.92. The molecule has 0 amide bonds. The zero-order valence-corrected chi connectivity index (χ0v) is 9.46. The van der Waals surface area contributed by atoms with E-state index in [1.165, 1.54) is 23.1 Å². The lowest BCUT2D eigenvalue weighted by Crippen LogP contribution is -2.07. The van der Waals surface area contributed by atoms with Gasteiger partial charge < -0.3 is 5.73 Å². The summed E-state index contributed by atoms with van der Waals surface area (Å²) in [5.74, 6) is 0.431. The summed E-state index contributed by atoms with van der Waals surface area (Å²) in [5, 5.41) is 0. The highest BCUT2D eigenvalue weighted by atomic mass is 32.2. The highest BCUT2D eigenvalue weighted by molar-refractivity contribution is 8.00. The number of hydrogen-bond acceptors (Lipinski definition) is 5. The molecule has 13 heavy (non-hydrogen) atoms. The largest absolute Gasteiger partial charge is 0.382 e. The van der Waals surface area contributed by atoms with Crippen LogP contribution in [0, 0.1) is 5.92 Å². The van der Waals surface area contributed by atoms with Gasteiger partial charge in [-0.05, 0) is 6.26 Å². The van der Waals surface area contributed by atoms with E-state index in [0.29, 0.717) is 10.7 Å². The van der Waals surface area contributed by atoms with Crippen LogP contribution < -0.4 is 5.73 Å². The van der Waals surface area contributed by atoms with Crippen molar-refractivity contribution in [3.8, 4) is 0 Å². The number of anilines is 1. The predicted octanol–water partition coefficient (Wildman–Crippen LogP) is 2.29. The number of nitrogens with two attached hydrogens (primary N) is 1. The van der Waals surface area contributed by atoms with Gasteiger partial charge in [-0.2, -0.15) is 0 Å². The van der Waals surface area contributed by atoms with Crippen LogP contribution in [0.15, 0.2) is 4.34 Å². The van der Waals surface area contributed by atoms with Gasteiger partial charge in [-0.1, -0.05) is 25.6 Å². The number of nitrogen functional groups attached to an aromatic ring is 1. The van der Waals surface area contributed by atoms with Crippen molar-refractivity contribution in [1.82, 2.24) is 4.98 Å². The number of thiazole rings is 1. The second kappa shape index (κ2) is 4.11. The highest BCUT2D eigenvalue weighted by Gasteiger charge is 2.18. The van der Waals surface area contributed by atoms with Crippen LogP contribution in [-0.2, 0) is 0 Å². The molecule has 3 nitrogen and oxygen atoms in total. The summed E-state index contributed by atoms with van der Waals surface area (Å²) in [4.78, 5) is 16.2. The van der Waals surface area contributed by atoms with E-state index in [9.17, 15) is 4.79 Å². The summed E-state index contributed by atoms with van der Waals surface area (Å²) in [7, 11) is 0. The van der Waals surface area contributed by atoms with E-state index in [2.05, 4.69) is 4.98 Å². The van der Waals surface area contributed by atoms with E-state index >= 15 is 0 Å². The van der Waals surface area contributed by atoms with Gasteiger partial charge in [-0.3, -0.25) is 4.79 Å². The molecule has 0 aliphatic heterocycles. The minimum atomic E-state index is -0.0162. The fourth-order valence-corrected chi connectivity index (χ4v) is 2.42. The van der Waals surface area contributed by atoms with Crippen LogP contribution in [0.2, 0.25) is 0 Å². The van der Waals surface area contributed by atoms with Crippen LogP contribution in [0.3, 0.4) is 0 Å². The van der Waals surface area contributed by atoms with Gasteiger partial charge in [0.1, 0.15) is 10.7 Å². The minimum Gasteiger partial charge on any atom is -0.382 e. The molecule has 0 atom stereocenters. The minimum absolute atomic E-state index is 0.0162. The number of hydrogen-bond donors (Lipinski definition) is 1. The lowest BCUT2D eigenvalue weighted by atomic mass is 10.1. The summed E-state index contributed by atoms with van der Waals surface area (Å²) in [6, 6.07) is 0. The molecule has 0 bridgehead atoms. The maximum atomic E-state index is 11.6. The Labute approximate surface area is 85.7 Å². The van der Waals surface area contributed by atoms with Crippen LogP contribution in [0.4, 0.5) is 5.82 Å². The zero-order valence-electron chi connectivity index (χ0n) is 7.83. The van der Waals surface area contributed by atoms with Crippen molar-refractivity contribution in [2.24, 2.45) is 5.92 Å². The molecule has 0 unspecified atom stereocenters. The van der Waals surface area contributed by atoms with Crippen LogP contribution in [-0.4, -0.2) is 17.0 Å². The van der Waals surface area contributed by atoms with Gasteiger partial charge in [-0.15, -0.1) is 11.3 Å². The maximum absolute atomic E-state index is 11.6. The van der Waals surface area contributed by atoms with Gasteiger partial charge >= 0.3 is 0 Å². The van der Waals surface area contributed by atoms with Gasteiger partial charge in [0.05, 0.1) is 0 Å². The first kappa shape index (κ1) is 10.5.